The van der Waals surface area contributed by atoms with E-state index in [1.807, 2.05) is 22.3 Å². The van der Waals surface area contributed by atoms with Crippen molar-refractivity contribution < 1.29 is 0 Å². The zero-order valence-electron chi connectivity index (χ0n) is 10.5. The molecule has 0 heteroatoms. The highest BCUT2D eigenvalue weighted by molar-refractivity contribution is 5.60. The summed E-state index contributed by atoms with van der Waals surface area (Å²) in [5.74, 6) is 0. The summed E-state index contributed by atoms with van der Waals surface area (Å²) < 4.78 is 0. The van der Waals surface area contributed by atoms with Gasteiger partial charge in [0.25, 0.3) is 0 Å². The smallest absolute Gasteiger partial charge is 0.0273 e. The maximum Gasteiger partial charge on any atom is -0.0273 e. The average molecular weight is 216 g/mol. The summed E-state index contributed by atoms with van der Waals surface area (Å²) in [4.78, 5) is 0. The molecule has 16 heavy (non-hydrogen) atoms. The van der Waals surface area contributed by atoms with Gasteiger partial charge in [0, 0.05) is 0 Å². The van der Waals surface area contributed by atoms with E-state index in [4.69, 9.17) is 0 Å². The minimum atomic E-state index is 1.41. The van der Waals surface area contributed by atoms with E-state index in [-0.39, 0.29) is 0 Å². The standard InChI is InChI=1S/C16H24/c1-2-6-10-14-13(9-5-1)15-11-7-3-4-8-12-16(14)15/h1-12H2. The van der Waals surface area contributed by atoms with Crippen molar-refractivity contribution in [3.63, 3.8) is 0 Å². The lowest BCUT2D eigenvalue weighted by molar-refractivity contribution is 0.563. The van der Waals surface area contributed by atoms with Gasteiger partial charge in [0.2, 0.25) is 0 Å². The highest BCUT2D eigenvalue weighted by Gasteiger charge is 2.28. The second-order valence-corrected chi connectivity index (χ2v) is 5.74. The molecule has 3 rings (SSSR count). The third-order valence-corrected chi connectivity index (χ3v) is 4.66. The summed E-state index contributed by atoms with van der Waals surface area (Å²) in [6.45, 7) is 0. The molecule has 0 N–H and O–H groups in total. The molecule has 3 aliphatic rings. The van der Waals surface area contributed by atoms with Gasteiger partial charge in [-0.3, -0.25) is 0 Å². The summed E-state index contributed by atoms with van der Waals surface area (Å²) in [6.07, 6.45) is 17.3. The van der Waals surface area contributed by atoms with Crippen molar-refractivity contribution in [1.82, 2.24) is 0 Å². The van der Waals surface area contributed by atoms with Crippen LogP contribution in [-0.4, -0.2) is 0 Å². The fourth-order valence-electron chi connectivity index (χ4n) is 3.79. The molecule has 0 aromatic rings. The Hall–Kier alpha value is -0.520. The van der Waals surface area contributed by atoms with E-state index in [0.717, 1.165) is 0 Å². The number of allylic oxidation sites excluding steroid dienone is 4. The van der Waals surface area contributed by atoms with Crippen molar-refractivity contribution in [3.05, 3.63) is 22.3 Å². The SMILES string of the molecule is C1CCCC2=C(CC1)C1=C2CCCCCC1. The summed E-state index contributed by atoms with van der Waals surface area (Å²) in [7, 11) is 0. The molecule has 0 unspecified atom stereocenters. The molecule has 88 valence electrons. The van der Waals surface area contributed by atoms with E-state index < -0.39 is 0 Å². The molecule has 0 atom stereocenters. The first kappa shape index (κ1) is 10.6. The maximum absolute atomic E-state index is 1.83. The molecule has 0 spiro atoms. The molecular weight excluding hydrogens is 192 g/mol. The molecule has 0 aromatic carbocycles. The Morgan fingerprint density at radius 3 is 0.812 bits per heavy atom. The zero-order valence-corrected chi connectivity index (χ0v) is 10.5. The fraction of sp³-hybridized carbons (Fsp3) is 0.750. The Kier molecular flexibility index (Phi) is 3.17. The highest BCUT2D eigenvalue weighted by Crippen LogP contribution is 2.47. The lowest BCUT2D eigenvalue weighted by Crippen LogP contribution is -2.16. The lowest BCUT2D eigenvalue weighted by Gasteiger charge is -2.35. The Balaban J connectivity index is 1.78. The van der Waals surface area contributed by atoms with Crippen molar-refractivity contribution in [3.8, 4) is 0 Å². The fourth-order valence-corrected chi connectivity index (χ4v) is 3.79. The van der Waals surface area contributed by atoms with Crippen molar-refractivity contribution >= 4 is 0 Å². The van der Waals surface area contributed by atoms with Gasteiger partial charge in [0.05, 0.1) is 0 Å². The largest absolute Gasteiger partial charge is 0.0530 e. The Bertz CT molecular complexity index is 253. The van der Waals surface area contributed by atoms with Crippen LogP contribution in [0.2, 0.25) is 0 Å². The molecule has 0 saturated carbocycles. The Morgan fingerprint density at radius 1 is 0.312 bits per heavy atom. The molecule has 0 heterocycles. The van der Waals surface area contributed by atoms with Gasteiger partial charge in [-0.15, -0.1) is 0 Å². The van der Waals surface area contributed by atoms with Crippen LogP contribution in [0.3, 0.4) is 0 Å². The van der Waals surface area contributed by atoms with Crippen LogP contribution in [0.15, 0.2) is 22.3 Å². The van der Waals surface area contributed by atoms with Gasteiger partial charge < -0.3 is 0 Å². The average Bonchev–Trinajstić information content (AvgIpc) is 2.23. The second kappa shape index (κ2) is 4.77. The number of hydrogen-bond donors (Lipinski definition) is 0. The first-order chi connectivity index (χ1) is 7.97. The molecule has 0 aromatic heterocycles. The van der Waals surface area contributed by atoms with E-state index in [9.17, 15) is 0 Å². The molecule has 0 radical (unpaired) electrons. The minimum Gasteiger partial charge on any atom is -0.0530 e. The zero-order chi connectivity index (χ0) is 10.8. The molecule has 0 saturated heterocycles. The number of hydrogen-bond acceptors (Lipinski definition) is 0. The minimum absolute atomic E-state index is 1.41. The highest BCUT2D eigenvalue weighted by atomic mass is 14.3. The third kappa shape index (κ3) is 1.87. The number of rotatable bonds is 0. The van der Waals surface area contributed by atoms with Crippen LogP contribution in [0.1, 0.15) is 77.0 Å². The molecular formula is C16H24. The Labute approximate surface area is 99.8 Å². The topological polar surface area (TPSA) is 0 Å². The normalized spacial score (nSPS) is 27.0. The predicted molar refractivity (Wildman–Crippen MR) is 69.5 cm³/mol. The van der Waals surface area contributed by atoms with Gasteiger partial charge in [-0.1, -0.05) is 25.7 Å². The second-order valence-electron chi connectivity index (χ2n) is 5.74. The van der Waals surface area contributed by atoms with Crippen LogP contribution in [0.25, 0.3) is 0 Å². The van der Waals surface area contributed by atoms with Crippen LogP contribution in [-0.2, 0) is 0 Å². The quantitative estimate of drug-likeness (QED) is 0.515. The van der Waals surface area contributed by atoms with E-state index in [0.29, 0.717) is 0 Å². The van der Waals surface area contributed by atoms with E-state index in [2.05, 4.69) is 0 Å². The first-order valence-electron chi connectivity index (χ1n) is 7.41. The molecule has 0 aliphatic heterocycles. The van der Waals surface area contributed by atoms with Gasteiger partial charge >= 0.3 is 0 Å². The van der Waals surface area contributed by atoms with Crippen LogP contribution < -0.4 is 0 Å². The van der Waals surface area contributed by atoms with Gasteiger partial charge in [-0.05, 0) is 73.7 Å². The van der Waals surface area contributed by atoms with Crippen LogP contribution in [0.5, 0.6) is 0 Å². The third-order valence-electron chi connectivity index (χ3n) is 4.66. The monoisotopic (exact) mass is 216 g/mol. The van der Waals surface area contributed by atoms with Gasteiger partial charge in [-0.25, -0.2) is 0 Å². The maximum atomic E-state index is 1.83. The van der Waals surface area contributed by atoms with Crippen LogP contribution >= 0.6 is 0 Å². The molecule has 0 amide bonds. The van der Waals surface area contributed by atoms with Crippen molar-refractivity contribution in [2.24, 2.45) is 0 Å². The molecule has 0 fully saturated rings. The lowest BCUT2D eigenvalue weighted by atomic mass is 9.70. The van der Waals surface area contributed by atoms with Crippen molar-refractivity contribution in [2.45, 2.75) is 77.0 Å². The van der Waals surface area contributed by atoms with Crippen molar-refractivity contribution in [2.75, 3.05) is 0 Å². The van der Waals surface area contributed by atoms with Gasteiger partial charge in [0.1, 0.15) is 0 Å². The van der Waals surface area contributed by atoms with E-state index in [1.54, 1.807) is 0 Å². The molecule has 3 aliphatic carbocycles. The van der Waals surface area contributed by atoms with Crippen LogP contribution in [0.4, 0.5) is 0 Å². The first-order valence-corrected chi connectivity index (χ1v) is 7.41. The number of fused-ring (bicyclic) bond motifs is 2. The van der Waals surface area contributed by atoms with Crippen LogP contribution in [0, 0.1) is 0 Å². The van der Waals surface area contributed by atoms with Gasteiger partial charge in [0.15, 0.2) is 0 Å². The summed E-state index contributed by atoms with van der Waals surface area (Å²) >= 11 is 0. The van der Waals surface area contributed by atoms with Gasteiger partial charge in [-0.2, -0.15) is 0 Å². The molecule has 0 bridgehead atoms. The summed E-state index contributed by atoms with van der Waals surface area (Å²) in [5.41, 5.74) is 7.32. The van der Waals surface area contributed by atoms with Crippen molar-refractivity contribution in [1.29, 1.82) is 0 Å². The summed E-state index contributed by atoms with van der Waals surface area (Å²) in [5, 5.41) is 0. The molecule has 0 nitrogen and oxygen atoms in total. The van der Waals surface area contributed by atoms with E-state index >= 15 is 0 Å². The predicted octanol–water partition coefficient (Wildman–Crippen LogP) is 5.30. The Morgan fingerprint density at radius 2 is 0.562 bits per heavy atom. The van der Waals surface area contributed by atoms with E-state index in [1.165, 1.54) is 77.0 Å². The summed E-state index contributed by atoms with van der Waals surface area (Å²) in [6, 6.07) is 0.